The number of amides is 1. The Morgan fingerprint density at radius 3 is 2.68 bits per heavy atom. The van der Waals surface area contributed by atoms with Gasteiger partial charge in [0.2, 0.25) is 6.29 Å². The van der Waals surface area contributed by atoms with E-state index in [0.717, 1.165) is 11.1 Å². The van der Waals surface area contributed by atoms with Crippen molar-refractivity contribution in [3.8, 4) is 0 Å². The van der Waals surface area contributed by atoms with Crippen LogP contribution in [0.15, 0.2) is 53.6 Å². The van der Waals surface area contributed by atoms with Crippen LogP contribution in [0.25, 0.3) is 0 Å². The molecule has 2 aliphatic rings. The molecule has 2 aromatic rings. The molecule has 2 heterocycles. The van der Waals surface area contributed by atoms with Gasteiger partial charge in [0.15, 0.2) is 5.76 Å². The lowest BCUT2D eigenvalue weighted by Gasteiger charge is -2.28. The van der Waals surface area contributed by atoms with E-state index >= 15 is 0 Å². The summed E-state index contributed by atoms with van der Waals surface area (Å²) in [5.41, 5.74) is 1.87. The maximum atomic E-state index is 12.6. The smallest absolute Gasteiger partial charge is 0.286 e. The summed E-state index contributed by atoms with van der Waals surface area (Å²) < 4.78 is 11.9. The van der Waals surface area contributed by atoms with Crippen molar-refractivity contribution in [3.63, 3.8) is 0 Å². The average molecular weight is 400 g/mol. The van der Waals surface area contributed by atoms with Crippen molar-refractivity contribution < 1.29 is 19.4 Å². The number of allylic oxidation sites excluding steroid dienone is 1. The fourth-order valence-electron chi connectivity index (χ4n) is 3.20. The Morgan fingerprint density at radius 2 is 2.00 bits per heavy atom. The number of rotatable bonds is 8. The monoisotopic (exact) mass is 399 g/mol. The van der Waals surface area contributed by atoms with Crippen molar-refractivity contribution in [2.75, 3.05) is 6.54 Å². The standard InChI is InChI=1S/C22H25NO4S/c24-13-16-5-7-17(8-6-16)14-26-21-11-18(20-2-1-9-28-20)10-19(27-21)22(25)23-12-15-3-4-15/h1-2,5-10,15,18,21,24H,3-4,11-14H2,(H,23,25)/t18-,21+/m0/s1. The second-order valence-corrected chi connectivity index (χ2v) is 8.35. The number of benzene rings is 1. The van der Waals surface area contributed by atoms with Crippen LogP contribution in [0.3, 0.4) is 0 Å². The number of hydrogen-bond donors (Lipinski definition) is 2. The largest absolute Gasteiger partial charge is 0.459 e. The summed E-state index contributed by atoms with van der Waals surface area (Å²) in [6.45, 7) is 1.13. The fraction of sp³-hybridized carbons (Fsp3) is 0.409. The summed E-state index contributed by atoms with van der Waals surface area (Å²) in [5.74, 6) is 0.923. The van der Waals surface area contributed by atoms with Crippen LogP contribution in [0, 0.1) is 5.92 Å². The molecule has 1 amide bonds. The van der Waals surface area contributed by atoms with Crippen molar-refractivity contribution in [3.05, 3.63) is 69.6 Å². The normalized spacial score (nSPS) is 21.7. The number of carbonyl (C=O) groups is 1. The van der Waals surface area contributed by atoms with Crippen LogP contribution in [-0.2, 0) is 27.5 Å². The molecule has 1 aliphatic heterocycles. The predicted octanol–water partition coefficient (Wildman–Crippen LogP) is 3.70. The molecule has 4 rings (SSSR count). The zero-order chi connectivity index (χ0) is 19.3. The summed E-state index contributed by atoms with van der Waals surface area (Å²) in [6.07, 6.45) is 4.51. The lowest BCUT2D eigenvalue weighted by atomic mass is 9.99. The number of hydrogen-bond acceptors (Lipinski definition) is 5. The molecule has 1 aromatic heterocycles. The van der Waals surface area contributed by atoms with Gasteiger partial charge in [-0.15, -0.1) is 11.3 Å². The molecule has 2 atom stereocenters. The number of thiophene rings is 1. The zero-order valence-corrected chi connectivity index (χ0v) is 16.5. The number of aliphatic hydroxyl groups is 1. The minimum absolute atomic E-state index is 0.0273. The summed E-state index contributed by atoms with van der Waals surface area (Å²) in [5, 5.41) is 14.2. The molecule has 2 N–H and O–H groups in total. The van der Waals surface area contributed by atoms with Gasteiger partial charge in [-0.1, -0.05) is 30.3 Å². The van der Waals surface area contributed by atoms with Crippen molar-refractivity contribution in [1.82, 2.24) is 5.32 Å². The molecule has 0 bridgehead atoms. The van der Waals surface area contributed by atoms with Gasteiger partial charge < -0.3 is 19.9 Å². The molecule has 28 heavy (non-hydrogen) atoms. The Balaban J connectivity index is 1.41. The van der Waals surface area contributed by atoms with Crippen LogP contribution >= 0.6 is 11.3 Å². The predicted molar refractivity (Wildman–Crippen MR) is 108 cm³/mol. The minimum atomic E-state index is -0.476. The van der Waals surface area contributed by atoms with Gasteiger partial charge in [0.25, 0.3) is 5.91 Å². The highest BCUT2D eigenvalue weighted by Crippen LogP contribution is 2.34. The molecule has 6 heteroatoms. The summed E-state index contributed by atoms with van der Waals surface area (Å²) in [6, 6.07) is 11.7. The molecule has 0 spiro atoms. The number of ether oxygens (including phenoxy) is 2. The Kier molecular flexibility index (Phi) is 6.10. The summed E-state index contributed by atoms with van der Waals surface area (Å²) in [4.78, 5) is 13.8. The molecule has 0 unspecified atom stereocenters. The van der Waals surface area contributed by atoms with Gasteiger partial charge in [-0.2, -0.15) is 0 Å². The second-order valence-electron chi connectivity index (χ2n) is 7.37. The topological polar surface area (TPSA) is 67.8 Å². The molecule has 5 nitrogen and oxygen atoms in total. The lowest BCUT2D eigenvalue weighted by molar-refractivity contribution is -0.150. The third-order valence-electron chi connectivity index (χ3n) is 5.08. The van der Waals surface area contributed by atoms with Gasteiger partial charge >= 0.3 is 0 Å². The highest BCUT2D eigenvalue weighted by atomic mass is 32.1. The van der Waals surface area contributed by atoms with E-state index in [4.69, 9.17) is 14.6 Å². The van der Waals surface area contributed by atoms with E-state index in [0.29, 0.717) is 31.2 Å². The van der Waals surface area contributed by atoms with E-state index in [1.807, 2.05) is 41.8 Å². The van der Waals surface area contributed by atoms with Crippen molar-refractivity contribution >= 4 is 17.2 Å². The maximum Gasteiger partial charge on any atom is 0.286 e. The first-order chi connectivity index (χ1) is 13.7. The first-order valence-electron chi connectivity index (χ1n) is 9.71. The molecule has 1 aromatic carbocycles. The van der Waals surface area contributed by atoms with E-state index in [1.54, 1.807) is 11.3 Å². The second kappa shape index (κ2) is 8.90. The Bertz CT molecular complexity index is 812. The summed E-state index contributed by atoms with van der Waals surface area (Å²) in [7, 11) is 0. The summed E-state index contributed by atoms with van der Waals surface area (Å²) >= 11 is 1.68. The van der Waals surface area contributed by atoms with Crippen molar-refractivity contribution in [2.45, 2.75) is 44.7 Å². The van der Waals surface area contributed by atoms with Crippen LogP contribution in [0.4, 0.5) is 0 Å². The van der Waals surface area contributed by atoms with E-state index in [-0.39, 0.29) is 18.4 Å². The van der Waals surface area contributed by atoms with Crippen molar-refractivity contribution in [2.24, 2.45) is 5.92 Å². The Morgan fingerprint density at radius 1 is 1.21 bits per heavy atom. The highest BCUT2D eigenvalue weighted by molar-refractivity contribution is 7.10. The molecule has 1 aliphatic carbocycles. The van der Waals surface area contributed by atoms with Gasteiger partial charge in [-0.3, -0.25) is 4.79 Å². The molecule has 0 radical (unpaired) electrons. The quantitative estimate of drug-likeness (QED) is 0.710. The van der Waals surface area contributed by atoms with Crippen molar-refractivity contribution in [1.29, 1.82) is 0 Å². The molecule has 1 fully saturated rings. The van der Waals surface area contributed by atoms with Crippen LogP contribution in [0.2, 0.25) is 0 Å². The maximum absolute atomic E-state index is 12.6. The molecule has 148 valence electrons. The SMILES string of the molecule is O=C(NCC1CC1)C1=C[C@H](c2cccs2)C[C@H](OCc2ccc(CO)cc2)O1. The number of carbonyl (C=O) groups excluding carboxylic acids is 1. The number of aliphatic hydroxyl groups excluding tert-OH is 1. The lowest BCUT2D eigenvalue weighted by Crippen LogP contribution is -2.33. The third kappa shape index (κ3) is 5.01. The van der Waals surface area contributed by atoms with E-state index in [1.165, 1.54) is 17.7 Å². The molecule has 1 saturated carbocycles. The number of nitrogens with one attached hydrogen (secondary N) is 1. The van der Waals surface area contributed by atoms with Gasteiger partial charge in [0.1, 0.15) is 0 Å². The third-order valence-corrected chi connectivity index (χ3v) is 6.08. The first-order valence-corrected chi connectivity index (χ1v) is 10.6. The van der Waals surface area contributed by atoms with Gasteiger partial charge in [-0.05, 0) is 47.4 Å². The molecular weight excluding hydrogens is 374 g/mol. The Hall–Kier alpha value is -2.15. The van der Waals surface area contributed by atoms with E-state index in [2.05, 4.69) is 11.4 Å². The van der Waals surface area contributed by atoms with Crippen LogP contribution in [0.5, 0.6) is 0 Å². The fourth-order valence-corrected chi connectivity index (χ4v) is 4.01. The van der Waals surface area contributed by atoms with E-state index in [9.17, 15) is 4.79 Å². The van der Waals surface area contributed by atoms with Gasteiger partial charge in [0.05, 0.1) is 13.2 Å². The average Bonchev–Trinajstić information content (AvgIpc) is 3.41. The van der Waals surface area contributed by atoms with Gasteiger partial charge in [-0.25, -0.2) is 0 Å². The van der Waals surface area contributed by atoms with Crippen LogP contribution in [0.1, 0.15) is 41.2 Å². The van der Waals surface area contributed by atoms with Crippen LogP contribution < -0.4 is 5.32 Å². The van der Waals surface area contributed by atoms with Crippen LogP contribution in [-0.4, -0.2) is 23.8 Å². The Labute approximate surface area is 169 Å². The van der Waals surface area contributed by atoms with E-state index < -0.39 is 6.29 Å². The first kappa shape index (κ1) is 19.2. The zero-order valence-electron chi connectivity index (χ0n) is 15.7. The minimum Gasteiger partial charge on any atom is -0.459 e. The van der Waals surface area contributed by atoms with Gasteiger partial charge in [0, 0.05) is 23.8 Å². The molecular formula is C22H25NO4S. The molecule has 0 saturated heterocycles. The highest BCUT2D eigenvalue weighted by Gasteiger charge is 2.30.